The number of aromatic amines is 1. The van der Waals surface area contributed by atoms with Crippen LogP contribution in [0, 0.1) is 0 Å². The number of rotatable bonds is 4. The minimum absolute atomic E-state index is 0.0121. The minimum Gasteiger partial charge on any atom is -0.494 e. The van der Waals surface area contributed by atoms with E-state index in [1.807, 2.05) is 31.2 Å². The van der Waals surface area contributed by atoms with Gasteiger partial charge in [0.05, 0.1) is 18.4 Å². The van der Waals surface area contributed by atoms with Gasteiger partial charge in [0, 0.05) is 13.5 Å². The van der Waals surface area contributed by atoms with Crippen molar-refractivity contribution >= 4 is 5.71 Å². The lowest BCUT2D eigenvalue weighted by atomic mass is 10.00. The van der Waals surface area contributed by atoms with E-state index in [0.717, 1.165) is 15.9 Å². The average molecular weight is 330 g/mol. The Bertz CT molecular complexity index is 896. The van der Waals surface area contributed by atoms with Gasteiger partial charge in [-0.25, -0.2) is 4.79 Å². The molecule has 0 spiro atoms. The summed E-state index contributed by atoms with van der Waals surface area (Å²) in [5.41, 5.74) is 3.04. The molecule has 1 aliphatic heterocycles. The highest BCUT2D eigenvalue weighted by atomic mass is 16.5. The molecule has 8 heteroatoms. The Kier molecular flexibility index (Phi) is 4.11. The predicted octanol–water partition coefficient (Wildman–Crippen LogP) is 0.617. The van der Waals surface area contributed by atoms with E-state index in [1.165, 1.54) is 7.05 Å². The first kappa shape index (κ1) is 15.9. The fourth-order valence-corrected chi connectivity index (χ4v) is 2.62. The molecule has 1 atom stereocenters. The van der Waals surface area contributed by atoms with Gasteiger partial charge >= 0.3 is 5.69 Å². The third kappa shape index (κ3) is 2.78. The summed E-state index contributed by atoms with van der Waals surface area (Å²) in [5, 5.41) is 14.2. The number of hydrazone groups is 1. The van der Waals surface area contributed by atoms with Crippen molar-refractivity contribution in [2.75, 3.05) is 6.61 Å². The summed E-state index contributed by atoms with van der Waals surface area (Å²) in [6.07, 6.45) is 0.419. The van der Waals surface area contributed by atoms with Gasteiger partial charge in [-0.3, -0.25) is 14.3 Å². The van der Waals surface area contributed by atoms with E-state index in [9.17, 15) is 14.7 Å². The van der Waals surface area contributed by atoms with Crippen LogP contribution in [0.2, 0.25) is 0 Å². The molecule has 126 valence electrons. The third-order valence-electron chi connectivity index (χ3n) is 3.93. The molecule has 3 N–H and O–H groups in total. The van der Waals surface area contributed by atoms with Gasteiger partial charge in [0.25, 0.3) is 5.56 Å². The molecule has 2 heterocycles. The van der Waals surface area contributed by atoms with Gasteiger partial charge in [-0.15, -0.1) is 0 Å². The number of aromatic hydroxyl groups is 1. The Balaban J connectivity index is 1.84. The first-order valence-electron chi connectivity index (χ1n) is 7.58. The number of hydrogen-bond acceptors (Lipinski definition) is 6. The molecule has 2 aromatic rings. The Morgan fingerprint density at radius 1 is 1.33 bits per heavy atom. The zero-order valence-electron chi connectivity index (χ0n) is 13.4. The van der Waals surface area contributed by atoms with E-state index in [1.54, 1.807) is 0 Å². The highest BCUT2D eigenvalue weighted by molar-refractivity contribution is 6.03. The van der Waals surface area contributed by atoms with Gasteiger partial charge in [0.2, 0.25) is 5.88 Å². The summed E-state index contributed by atoms with van der Waals surface area (Å²) < 4.78 is 6.39. The van der Waals surface area contributed by atoms with Crippen LogP contribution in [0.3, 0.4) is 0 Å². The fourth-order valence-electron chi connectivity index (χ4n) is 2.62. The number of ether oxygens (including phenoxy) is 1. The van der Waals surface area contributed by atoms with Crippen LogP contribution in [-0.4, -0.2) is 27.0 Å². The molecule has 0 amide bonds. The van der Waals surface area contributed by atoms with Crippen LogP contribution in [0.5, 0.6) is 11.6 Å². The van der Waals surface area contributed by atoms with Crippen LogP contribution in [0.1, 0.15) is 30.5 Å². The maximum absolute atomic E-state index is 12.0. The van der Waals surface area contributed by atoms with E-state index in [0.29, 0.717) is 18.7 Å². The summed E-state index contributed by atoms with van der Waals surface area (Å²) in [6, 6.07) is 7.47. The van der Waals surface area contributed by atoms with Crippen molar-refractivity contribution in [3.8, 4) is 11.6 Å². The zero-order chi connectivity index (χ0) is 17.3. The van der Waals surface area contributed by atoms with Crippen LogP contribution < -0.4 is 21.4 Å². The number of hydrogen-bond donors (Lipinski definition) is 3. The summed E-state index contributed by atoms with van der Waals surface area (Å²) in [4.78, 5) is 25.7. The molecule has 0 saturated heterocycles. The Morgan fingerprint density at radius 3 is 2.71 bits per heavy atom. The average Bonchev–Trinajstić information content (AvgIpc) is 3.03. The highest BCUT2D eigenvalue weighted by Crippen LogP contribution is 2.27. The molecule has 1 aromatic carbocycles. The molecule has 1 aromatic heterocycles. The monoisotopic (exact) mass is 330 g/mol. The van der Waals surface area contributed by atoms with Crippen molar-refractivity contribution in [3.05, 3.63) is 56.2 Å². The SMILES string of the molecule is CCOc1ccc([C@@H]2CC(c3c(O)n(C)c(=O)[nH]c3=O)=NN2)cc1. The molecule has 24 heavy (non-hydrogen) atoms. The molecule has 0 fully saturated rings. The Labute approximate surface area is 137 Å². The quantitative estimate of drug-likeness (QED) is 0.761. The second-order valence-electron chi connectivity index (χ2n) is 5.46. The number of nitrogens with zero attached hydrogens (tertiary/aromatic N) is 2. The lowest BCUT2D eigenvalue weighted by Gasteiger charge is -2.11. The van der Waals surface area contributed by atoms with E-state index < -0.39 is 17.1 Å². The van der Waals surface area contributed by atoms with Crippen LogP contribution in [0.25, 0.3) is 0 Å². The van der Waals surface area contributed by atoms with Crippen molar-refractivity contribution in [1.29, 1.82) is 0 Å². The second-order valence-corrected chi connectivity index (χ2v) is 5.46. The standard InChI is InChI=1S/C16H18N4O4/c1-3-24-10-6-4-9(5-7-10)11-8-12(19-18-11)13-14(21)17-16(23)20(2)15(13)22/h4-7,11,18,22H,3,8H2,1-2H3,(H,17,21,23)/t11-/m0/s1. The smallest absolute Gasteiger partial charge is 0.330 e. The zero-order valence-corrected chi connectivity index (χ0v) is 13.4. The maximum Gasteiger partial charge on any atom is 0.330 e. The molecule has 8 nitrogen and oxygen atoms in total. The number of H-pyrrole nitrogens is 1. The van der Waals surface area contributed by atoms with Gasteiger partial charge in [-0.1, -0.05) is 12.1 Å². The summed E-state index contributed by atoms with van der Waals surface area (Å²) in [5.74, 6) is 0.393. The summed E-state index contributed by atoms with van der Waals surface area (Å²) >= 11 is 0. The number of nitrogens with one attached hydrogen (secondary N) is 2. The van der Waals surface area contributed by atoms with Crippen LogP contribution >= 0.6 is 0 Å². The summed E-state index contributed by atoms with van der Waals surface area (Å²) in [7, 11) is 1.38. The van der Waals surface area contributed by atoms with E-state index >= 15 is 0 Å². The molecular weight excluding hydrogens is 312 g/mol. The molecular formula is C16H18N4O4. The number of aromatic nitrogens is 2. The predicted molar refractivity (Wildman–Crippen MR) is 88.6 cm³/mol. The lowest BCUT2D eigenvalue weighted by Crippen LogP contribution is -2.32. The van der Waals surface area contributed by atoms with Crippen LogP contribution in [-0.2, 0) is 7.05 Å². The topological polar surface area (TPSA) is 109 Å². The molecule has 0 radical (unpaired) electrons. The molecule has 0 aliphatic carbocycles. The van der Waals surface area contributed by atoms with E-state index in [4.69, 9.17) is 4.74 Å². The first-order valence-corrected chi connectivity index (χ1v) is 7.58. The lowest BCUT2D eigenvalue weighted by molar-refractivity contribution is 0.340. The van der Waals surface area contributed by atoms with Crippen molar-refractivity contribution < 1.29 is 9.84 Å². The van der Waals surface area contributed by atoms with Gasteiger partial charge in [0.1, 0.15) is 11.3 Å². The minimum atomic E-state index is -0.670. The largest absolute Gasteiger partial charge is 0.494 e. The van der Waals surface area contributed by atoms with Gasteiger partial charge in [-0.2, -0.15) is 5.10 Å². The van der Waals surface area contributed by atoms with Crippen LogP contribution in [0.4, 0.5) is 0 Å². The van der Waals surface area contributed by atoms with E-state index in [-0.39, 0.29) is 11.6 Å². The Morgan fingerprint density at radius 2 is 2.04 bits per heavy atom. The second kappa shape index (κ2) is 6.23. The first-order chi connectivity index (χ1) is 11.5. The van der Waals surface area contributed by atoms with Gasteiger partial charge in [-0.05, 0) is 24.6 Å². The van der Waals surface area contributed by atoms with Crippen molar-refractivity contribution in [2.24, 2.45) is 12.1 Å². The van der Waals surface area contributed by atoms with E-state index in [2.05, 4.69) is 15.5 Å². The Hall–Kier alpha value is -3.03. The number of benzene rings is 1. The fraction of sp³-hybridized carbons (Fsp3) is 0.312. The maximum atomic E-state index is 12.0. The molecule has 0 saturated carbocycles. The van der Waals surface area contributed by atoms with Gasteiger partial charge < -0.3 is 15.3 Å². The van der Waals surface area contributed by atoms with Gasteiger partial charge in [0.15, 0.2) is 0 Å². The molecule has 0 unspecified atom stereocenters. The van der Waals surface area contributed by atoms with Crippen molar-refractivity contribution in [2.45, 2.75) is 19.4 Å². The normalized spacial score (nSPS) is 16.6. The molecule has 1 aliphatic rings. The third-order valence-corrected chi connectivity index (χ3v) is 3.93. The summed E-state index contributed by atoms with van der Waals surface area (Å²) in [6.45, 7) is 2.52. The molecule has 3 rings (SSSR count). The van der Waals surface area contributed by atoms with Crippen molar-refractivity contribution in [3.63, 3.8) is 0 Å². The molecule has 0 bridgehead atoms. The van der Waals surface area contributed by atoms with Crippen molar-refractivity contribution in [1.82, 2.24) is 15.0 Å². The highest BCUT2D eigenvalue weighted by Gasteiger charge is 2.26. The van der Waals surface area contributed by atoms with Crippen LogP contribution in [0.15, 0.2) is 39.0 Å².